The number of halogens is 12. The lowest BCUT2D eigenvalue weighted by atomic mass is 9.72. The maximum Gasteiger partial charge on any atom is 0.569 e. The van der Waals surface area contributed by atoms with Crippen molar-refractivity contribution in [2.45, 2.75) is 12.3 Å². The van der Waals surface area contributed by atoms with Gasteiger partial charge in [0.1, 0.15) is 5.75 Å². The normalized spacial score (nSPS) is 16.5. The van der Waals surface area contributed by atoms with E-state index in [2.05, 4.69) is 0 Å². The second-order valence-corrected chi connectivity index (χ2v) is 10.6. The van der Waals surface area contributed by atoms with Gasteiger partial charge in [0.05, 0.1) is 11.1 Å². The average molecular weight is 666 g/mol. The van der Waals surface area contributed by atoms with Crippen LogP contribution in [0.4, 0.5) is 52.7 Å². The lowest BCUT2D eigenvalue weighted by Crippen LogP contribution is -2.49. The molecule has 0 fully saturated rings. The Hall–Kier alpha value is -4.92. The molecule has 15 heteroatoms. The van der Waals surface area contributed by atoms with Gasteiger partial charge < -0.3 is 9.31 Å². The predicted octanol–water partition coefficient (Wildman–Crippen LogP) is 8.90. The van der Waals surface area contributed by atoms with E-state index in [-0.39, 0.29) is 16.7 Å². The zero-order valence-electron chi connectivity index (χ0n) is 22.8. The van der Waals surface area contributed by atoms with E-state index in [9.17, 15) is 30.7 Å². The van der Waals surface area contributed by atoms with E-state index in [0.29, 0.717) is 11.5 Å². The van der Waals surface area contributed by atoms with Gasteiger partial charge in [-0.2, -0.15) is 4.39 Å². The highest BCUT2D eigenvalue weighted by molar-refractivity contribution is 6.63. The molecule has 5 aromatic carbocycles. The van der Waals surface area contributed by atoms with Gasteiger partial charge >= 0.3 is 7.12 Å². The molecular formula is C32H11BF12O2. The van der Waals surface area contributed by atoms with Crippen molar-refractivity contribution in [2.24, 2.45) is 0 Å². The van der Waals surface area contributed by atoms with Crippen LogP contribution in [0.25, 0.3) is 27.7 Å². The van der Waals surface area contributed by atoms with Crippen molar-refractivity contribution >= 4 is 29.2 Å². The molecule has 0 amide bonds. The first-order valence-electron chi connectivity index (χ1n) is 13.4. The minimum atomic E-state index is -4.75. The summed E-state index contributed by atoms with van der Waals surface area (Å²) in [4.78, 5) is 0. The second kappa shape index (κ2) is 10.6. The predicted molar refractivity (Wildman–Crippen MR) is 144 cm³/mol. The summed E-state index contributed by atoms with van der Waals surface area (Å²) < 4.78 is 191. The van der Waals surface area contributed by atoms with E-state index in [1.165, 1.54) is 18.2 Å². The van der Waals surface area contributed by atoms with Gasteiger partial charge in [-0.1, -0.05) is 42.5 Å². The fourth-order valence-electron chi connectivity index (χ4n) is 5.93. The average Bonchev–Trinajstić information content (AvgIpc) is 3.53. The van der Waals surface area contributed by atoms with Crippen LogP contribution in [0.1, 0.15) is 22.3 Å². The van der Waals surface area contributed by atoms with Crippen molar-refractivity contribution in [3.05, 3.63) is 135 Å². The van der Waals surface area contributed by atoms with Crippen LogP contribution in [-0.4, -0.2) is 7.12 Å². The van der Waals surface area contributed by atoms with Crippen LogP contribution in [0.5, 0.6) is 5.75 Å². The second-order valence-electron chi connectivity index (χ2n) is 10.6. The van der Waals surface area contributed by atoms with Crippen LogP contribution >= 0.6 is 0 Å². The standard InChI is InChI=1S/C32H11BF12O2/c34-15-9-8-12-10-14-18(17(12)22(15)35)23(36)28(41)27(40)21(14)33(46-16-7-3-5-11-4-1-2-6-13(11)16)47-32(45)20-19(25(38)31(32)44)24(37)29(42)30(43)26(20)39/h1-9H,10H2. The van der Waals surface area contributed by atoms with Gasteiger partial charge in [0, 0.05) is 22.0 Å². The molecule has 1 atom stereocenters. The molecule has 47 heavy (non-hydrogen) atoms. The van der Waals surface area contributed by atoms with E-state index >= 15 is 22.0 Å². The fraction of sp³-hybridized carbons (Fsp3) is 0.0625. The van der Waals surface area contributed by atoms with Crippen LogP contribution < -0.4 is 10.1 Å². The van der Waals surface area contributed by atoms with Gasteiger partial charge in [0.2, 0.25) is 5.83 Å². The molecule has 5 aromatic rings. The summed E-state index contributed by atoms with van der Waals surface area (Å²) in [5.74, 6) is -30.7. The van der Waals surface area contributed by atoms with Crippen molar-refractivity contribution in [1.29, 1.82) is 0 Å². The molecule has 0 heterocycles. The van der Waals surface area contributed by atoms with Crippen LogP contribution in [0.3, 0.4) is 0 Å². The van der Waals surface area contributed by atoms with Crippen molar-refractivity contribution in [1.82, 2.24) is 0 Å². The van der Waals surface area contributed by atoms with E-state index in [4.69, 9.17) is 9.31 Å². The summed E-state index contributed by atoms with van der Waals surface area (Å²) in [5.41, 5.74) is -8.44. The quantitative estimate of drug-likeness (QED) is 0.0793. The van der Waals surface area contributed by atoms with Crippen molar-refractivity contribution in [2.75, 3.05) is 0 Å². The lowest BCUT2D eigenvalue weighted by Gasteiger charge is -2.28. The topological polar surface area (TPSA) is 18.5 Å². The highest BCUT2D eigenvalue weighted by Gasteiger charge is 2.58. The number of fused-ring (bicyclic) bond motifs is 5. The minimum Gasteiger partial charge on any atom is -0.532 e. The van der Waals surface area contributed by atoms with Gasteiger partial charge in [0.15, 0.2) is 58.2 Å². The molecule has 0 spiro atoms. The summed E-state index contributed by atoms with van der Waals surface area (Å²) in [6, 6.07) is 11.6. The monoisotopic (exact) mass is 666 g/mol. The smallest absolute Gasteiger partial charge is 0.532 e. The Morgan fingerprint density at radius 2 is 1.23 bits per heavy atom. The Morgan fingerprint density at radius 1 is 0.596 bits per heavy atom. The molecule has 0 aromatic heterocycles. The van der Waals surface area contributed by atoms with E-state index in [0.717, 1.165) is 12.1 Å². The Labute approximate surface area is 255 Å². The first-order valence-corrected chi connectivity index (χ1v) is 13.4. The highest BCUT2D eigenvalue weighted by Crippen LogP contribution is 2.53. The van der Waals surface area contributed by atoms with Crippen LogP contribution in [0, 0.1) is 52.4 Å². The fourth-order valence-corrected chi connectivity index (χ4v) is 5.93. The Bertz CT molecular complexity index is 2230. The summed E-state index contributed by atoms with van der Waals surface area (Å²) in [6.45, 7) is 0. The van der Waals surface area contributed by atoms with Gasteiger partial charge in [-0.25, -0.2) is 48.3 Å². The summed E-state index contributed by atoms with van der Waals surface area (Å²) in [6.07, 6.45) is -0.713. The number of benzene rings is 5. The molecule has 238 valence electrons. The Morgan fingerprint density at radius 3 is 1.98 bits per heavy atom. The van der Waals surface area contributed by atoms with E-state index in [1.807, 2.05) is 0 Å². The Balaban J connectivity index is 1.50. The van der Waals surface area contributed by atoms with Gasteiger partial charge in [0.25, 0.3) is 5.85 Å². The molecule has 2 nitrogen and oxygen atoms in total. The zero-order valence-corrected chi connectivity index (χ0v) is 22.8. The summed E-state index contributed by atoms with van der Waals surface area (Å²) >= 11 is 0. The highest BCUT2D eigenvalue weighted by atomic mass is 19.2. The van der Waals surface area contributed by atoms with Gasteiger partial charge in [-0.05, 0) is 35.1 Å². The van der Waals surface area contributed by atoms with Crippen LogP contribution in [0.2, 0.25) is 0 Å². The molecule has 0 bridgehead atoms. The zero-order chi connectivity index (χ0) is 33.7. The van der Waals surface area contributed by atoms with Crippen LogP contribution in [0.15, 0.2) is 60.4 Å². The Kier molecular flexibility index (Phi) is 6.90. The van der Waals surface area contributed by atoms with Gasteiger partial charge in [-0.3, -0.25) is 0 Å². The van der Waals surface area contributed by atoms with Crippen LogP contribution in [-0.2, 0) is 16.9 Å². The molecule has 0 radical (unpaired) electrons. The first kappa shape index (κ1) is 30.7. The number of hydrogen-bond acceptors (Lipinski definition) is 2. The molecular weight excluding hydrogens is 655 g/mol. The van der Waals surface area contributed by atoms with Crippen molar-refractivity contribution in [3.63, 3.8) is 0 Å². The molecule has 7 rings (SSSR count). The third-order valence-electron chi connectivity index (χ3n) is 8.04. The minimum absolute atomic E-state index is 0.159. The number of hydrogen-bond donors (Lipinski definition) is 0. The number of alkyl halides is 1. The summed E-state index contributed by atoms with van der Waals surface area (Å²) in [5, 5.41) is 0.570. The van der Waals surface area contributed by atoms with E-state index < -0.39 is 117 Å². The van der Waals surface area contributed by atoms with Crippen molar-refractivity contribution < 1.29 is 62.0 Å². The molecule has 0 saturated heterocycles. The third-order valence-corrected chi connectivity index (χ3v) is 8.04. The van der Waals surface area contributed by atoms with Crippen molar-refractivity contribution in [3.8, 4) is 16.9 Å². The third kappa shape index (κ3) is 4.21. The first-order chi connectivity index (χ1) is 22.3. The SMILES string of the molecule is FC1=C(F)C(F)(OB(Oc2cccc3ccccc23)c2c(F)c(F)c(F)c3c2Cc2ccc(F)c(F)c2-3)c2c(F)c(F)c(F)c(F)c21. The molecule has 0 saturated carbocycles. The molecule has 0 aliphatic heterocycles. The molecule has 1 unspecified atom stereocenters. The largest absolute Gasteiger partial charge is 0.569 e. The van der Waals surface area contributed by atoms with E-state index in [1.54, 1.807) is 18.2 Å². The van der Waals surface area contributed by atoms with Gasteiger partial charge in [-0.15, -0.1) is 0 Å². The maximum absolute atomic E-state index is 16.6. The molecule has 2 aliphatic carbocycles. The summed E-state index contributed by atoms with van der Waals surface area (Å²) in [7, 11) is -2.92. The number of rotatable bonds is 5. The lowest BCUT2D eigenvalue weighted by molar-refractivity contribution is -0.0619. The maximum atomic E-state index is 16.6. The molecule has 2 aliphatic rings. The molecule has 0 N–H and O–H groups in total.